The molecule has 0 atom stereocenters. The topological polar surface area (TPSA) is 156 Å². The van der Waals surface area contributed by atoms with Crippen LogP contribution in [-0.2, 0) is 9.59 Å². The van der Waals surface area contributed by atoms with Gasteiger partial charge in [0.2, 0.25) is 0 Å². The standard InChI is InChI=1S/C11H20O8/c12-5-10(6-13,7-14)11(19,3-1-8(15)16)4-2-9(17)18/h12-14,19H,1-7H2,(H,15,16)(H,17,18). The van der Waals surface area contributed by atoms with Crippen molar-refractivity contribution in [2.75, 3.05) is 19.8 Å². The van der Waals surface area contributed by atoms with Gasteiger partial charge in [0.25, 0.3) is 0 Å². The molecule has 8 heteroatoms. The van der Waals surface area contributed by atoms with Crippen LogP contribution in [0.2, 0.25) is 0 Å². The van der Waals surface area contributed by atoms with Crippen molar-refractivity contribution in [2.45, 2.75) is 31.3 Å². The van der Waals surface area contributed by atoms with Crippen molar-refractivity contribution < 1.29 is 40.2 Å². The summed E-state index contributed by atoms with van der Waals surface area (Å²) in [6.07, 6.45) is -1.70. The van der Waals surface area contributed by atoms with E-state index in [0.717, 1.165) is 0 Å². The van der Waals surface area contributed by atoms with Crippen LogP contribution in [0.4, 0.5) is 0 Å². The van der Waals surface area contributed by atoms with Crippen molar-refractivity contribution in [1.82, 2.24) is 0 Å². The molecule has 0 amide bonds. The molecular weight excluding hydrogens is 260 g/mol. The summed E-state index contributed by atoms with van der Waals surface area (Å²) in [5, 5.41) is 55.5. The fourth-order valence-electron chi connectivity index (χ4n) is 1.87. The van der Waals surface area contributed by atoms with Crippen molar-refractivity contribution in [3.8, 4) is 0 Å². The Balaban J connectivity index is 5.19. The molecule has 0 saturated heterocycles. The molecule has 0 aliphatic heterocycles. The van der Waals surface area contributed by atoms with Crippen LogP contribution >= 0.6 is 0 Å². The highest BCUT2D eigenvalue weighted by molar-refractivity contribution is 5.67. The van der Waals surface area contributed by atoms with E-state index in [1.807, 2.05) is 0 Å². The minimum absolute atomic E-state index is 0.378. The first-order chi connectivity index (χ1) is 8.76. The van der Waals surface area contributed by atoms with E-state index in [2.05, 4.69) is 0 Å². The van der Waals surface area contributed by atoms with Crippen LogP contribution in [0.3, 0.4) is 0 Å². The molecule has 0 aliphatic rings. The third-order valence-electron chi connectivity index (χ3n) is 3.40. The van der Waals surface area contributed by atoms with Crippen LogP contribution < -0.4 is 0 Å². The number of hydrogen-bond donors (Lipinski definition) is 6. The van der Waals surface area contributed by atoms with Gasteiger partial charge in [-0.15, -0.1) is 0 Å². The van der Waals surface area contributed by atoms with E-state index >= 15 is 0 Å². The largest absolute Gasteiger partial charge is 0.481 e. The summed E-state index contributed by atoms with van der Waals surface area (Å²) in [4.78, 5) is 21.1. The highest BCUT2D eigenvalue weighted by atomic mass is 16.4. The molecule has 0 aliphatic carbocycles. The maximum atomic E-state index is 10.6. The molecule has 0 unspecified atom stereocenters. The van der Waals surface area contributed by atoms with E-state index in [1.54, 1.807) is 0 Å². The number of carboxylic acids is 2. The summed E-state index contributed by atoms with van der Waals surface area (Å²) in [6.45, 7) is -2.39. The van der Waals surface area contributed by atoms with E-state index in [4.69, 9.17) is 10.2 Å². The predicted octanol–water partition coefficient (Wildman–Crippen LogP) is -1.59. The Morgan fingerprint density at radius 2 is 1.11 bits per heavy atom. The molecule has 0 radical (unpaired) electrons. The maximum absolute atomic E-state index is 10.6. The summed E-state index contributed by atoms with van der Waals surface area (Å²) in [5.41, 5.74) is -3.74. The Morgan fingerprint density at radius 3 is 1.32 bits per heavy atom. The molecule has 8 nitrogen and oxygen atoms in total. The average Bonchev–Trinajstić information content (AvgIpc) is 2.37. The van der Waals surface area contributed by atoms with Gasteiger partial charge in [-0.3, -0.25) is 9.59 Å². The van der Waals surface area contributed by atoms with Crippen LogP contribution in [0.1, 0.15) is 25.7 Å². The van der Waals surface area contributed by atoms with E-state index in [0.29, 0.717) is 0 Å². The van der Waals surface area contributed by atoms with Crippen molar-refractivity contribution in [1.29, 1.82) is 0 Å². The quantitative estimate of drug-likeness (QED) is 0.280. The van der Waals surface area contributed by atoms with E-state index < -0.39 is 55.6 Å². The Kier molecular flexibility index (Phi) is 6.91. The van der Waals surface area contributed by atoms with Crippen LogP contribution in [0.15, 0.2) is 0 Å². The van der Waals surface area contributed by atoms with Crippen LogP contribution in [0, 0.1) is 5.41 Å². The number of hydrogen-bond acceptors (Lipinski definition) is 6. The fraction of sp³-hybridized carbons (Fsp3) is 0.818. The van der Waals surface area contributed by atoms with Crippen LogP contribution in [0.25, 0.3) is 0 Å². The molecule has 0 aromatic heterocycles. The van der Waals surface area contributed by atoms with Gasteiger partial charge in [-0.1, -0.05) is 0 Å². The van der Waals surface area contributed by atoms with E-state index in [-0.39, 0.29) is 12.8 Å². The summed E-state index contributed by atoms with van der Waals surface area (Å²) < 4.78 is 0. The second kappa shape index (κ2) is 7.39. The maximum Gasteiger partial charge on any atom is 0.303 e. The molecule has 0 fully saturated rings. The van der Waals surface area contributed by atoms with Gasteiger partial charge in [0, 0.05) is 12.8 Å². The first kappa shape index (κ1) is 17.8. The van der Waals surface area contributed by atoms with Gasteiger partial charge >= 0.3 is 11.9 Å². The zero-order chi connectivity index (χ0) is 15.1. The van der Waals surface area contributed by atoms with Crippen molar-refractivity contribution >= 4 is 11.9 Å². The van der Waals surface area contributed by atoms with Gasteiger partial charge in [0.15, 0.2) is 0 Å². The number of carbonyl (C=O) groups is 2. The lowest BCUT2D eigenvalue weighted by atomic mass is 9.68. The van der Waals surface area contributed by atoms with Gasteiger partial charge in [0.1, 0.15) is 0 Å². The van der Waals surface area contributed by atoms with E-state index in [1.165, 1.54) is 0 Å². The first-order valence-corrected chi connectivity index (χ1v) is 5.75. The Hall–Kier alpha value is -1.22. The lowest BCUT2D eigenvalue weighted by molar-refractivity contribution is -0.170. The summed E-state index contributed by atoms with van der Waals surface area (Å²) in [5.74, 6) is -2.42. The van der Waals surface area contributed by atoms with E-state index in [9.17, 15) is 30.0 Å². The molecule has 0 aromatic carbocycles. The number of rotatable bonds is 10. The lowest BCUT2D eigenvalue weighted by Gasteiger charge is -2.44. The molecule has 19 heavy (non-hydrogen) atoms. The first-order valence-electron chi connectivity index (χ1n) is 5.75. The molecule has 0 saturated carbocycles. The molecule has 0 spiro atoms. The molecular formula is C11H20O8. The van der Waals surface area contributed by atoms with Gasteiger partial charge < -0.3 is 30.6 Å². The van der Waals surface area contributed by atoms with Gasteiger partial charge in [0.05, 0.1) is 30.8 Å². The summed E-state index contributed by atoms with van der Waals surface area (Å²) in [7, 11) is 0. The minimum atomic E-state index is -1.98. The van der Waals surface area contributed by atoms with Gasteiger partial charge in [-0.25, -0.2) is 0 Å². The molecule has 112 valence electrons. The molecule has 6 N–H and O–H groups in total. The third kappa shape index (κ3) is 4.43. The fourth-order valence-corrected chi connectivity index (χ4v) is 1.87. The molecule has 0 bridgehead atoms. The Labute approximate surface area is 109 Å². The van der Waals surface area contributed by atoms with Crippen LogP contribution in [-0.4, -0.2) is 68.0 Å². The highest BCUT2D eigenvalue weighted by Crippen LogP contribution is 2.38. The van der Waals surface area contributed by atoms with Crippen LogP contribution in [0.5, 0.6) is 0 Å². The molecule has 0 heterocycles. The Bertz CT molecular complexity index is 284. The minimum Gasteiger partial charge on any atom is -0.481 e. The SMILES string of the molecule is O=C(O)CCC(O)(CCC(=O)O)C(CO)(CO)CO. The Morgan fingerprint density at radius 1 is 0.789 bits per heavy atom. The summed E-state index contributed by atoms with van der Waals surface area (Å²) in [6, 6.07) is 0. The lowest BCUT2D eigenvalue weighted by Crippen LogP contribution is -2.56. The number of aliphatic carboxylic acids is 2. The van der Waals surface area contributed by atoms with Gasteiger partial charge in [-0.2, -0.15) is 0 Å². The summed E-state index contributed by atoms with van der Waals surface area (Å²) >= 11 is 0. The van der Waals surface area contributed by atoms with Gasteiger partial charge in [-0.05, 0) is 12.8 Å². The highest BCUT2D eigenvalue weighted by Gasteiger charge is 2.49. The number of aliphatic hydroxyl groups excluding tert-OH is 3. The van der Waals surface area contributed by atoms with Crippen molar-refractivity contribution in [3.05, 3.63) is 0 Å². The normalized spacial score (nSPS) is 12.4. The second-order valence-electron chi connectivity index (χ2n) is 4.57. The number of carboxylic acid groups (broad SMARTS) is 2. The molecule has 0 aromatic rings. The second-order valence-corrected chi connectivity index (χ2v) is 4.57. The van der Waals surface area contributed by atoms with Crippen molar-refractivity contribution in [3.63, 3.8) is 0 Å². The monoisotopic (exact) mass is 280 g/mol. The predicted molar refractivity (Wildman–Crippen MR) is 62.4 cm³/mol. The zero-order valence-corrected chi connectivity index (χ0v) is 10.4. The molecule has 0 rings (SSSR count). The average molecular weight is 280 g/mol. The number of aliphatic hydroxyl groups is 4. The smallest absolute Gasteiger partial charge is 0.303 e. The third-order valence-corrected chi connectivity index (χ3v) is 3.40. The zero-order valence-electron chi connectivity index (χ0n) is 10.4. The van der Waals surface area contributed by atoms with Crippen molar-refractivity contribution in [2.24, 2.45) is 5.41 Å².